The Balaban J connectivity index is 0.508. The minimum absolute atomic E-state index is 0.00849. The molecule has 7 aliphatic rings. The number of esters is 1. The van der Waals surface area contributed by atoms with Gasteiger partial charge in [0.15, 0.2) is 21.7 Å². The Morgan fingerprint density at radius 3 is 1.85 bits per heavy atom. The number of rotatable bonds is 29. The fourth-order valence-electron chi connectivity index (χ4n) is 21.7. The van der Waals surface area contributed by atoms with Crippen LogP contribution in [-0.4, -0.2) is 211 Å². The lowest BCUT2D eigenvalue weighted by Gasteiger charge is -2.39. The predicted octanol–water partition coefficient (Wildman–Crippen LogP) is 16.2. The minimum Gasteiger partial charge on any atom is -0.493 e. The van der Waals surface area contributed by atoms with E-state index >= 15 is 13.6 Å². The number of aryl methyl sites for hydroxylation is 2. The second kappa shape index (κ2) is 40.5. The lowest BCUT2D eigenvalue weighted by Crippen LogP contribution is -2.49. The molecule has 0 spiro atoms. The average molecular weight is 1970 g/mol. The first kappa shape index (κ1) is 94.7. The second-order valence-electron chi connectivity index (χ2n) is 38.3. The summed E-state index contributed by atoms with van der Waals surface area (Å²) in [7, 11) is 3.68. The number of pyridine rings is 2. The standard InChI is InChI=1S/C108H109F2N19O12S2/c1-63-70(16-12-24-86(63)139-54-43-108(109,110)68-41-44-125(45-42-68)62-95(132)112-69-28-29-76-85(56-69)122(3)120-96(76)78-32-36-93(130)117-102(78)134)73-30-35-92(115-98(73)104(136)137)129-60-81-67(57-111-106-113-82-21-5-7-26-89(82)142-106)15-10-18-72(81)88(61-129)141-105(138)99-74(31-34-91(116-99)128-48-40-66-14-9-19-75(80(66)59-128)101(133)119-107-114-83-22-6-8-27-90(83)143-107)71-17-13-25-87(64(71)2)140-55-53-124-49-51-126(52-50-124)58-65-38-46-127(47-39-65)84-23-11-20-77-97(121-123(4)100(77)84)79-33-37-94(131)118-103(79)135/h5-31,34-35,56,65,68,78-79,88H,32-33,36-55,57-62H2,1-4H3,(H,111,113)(H,112,132)(H,136,137)(H,114,119,133)(H,117,130,134)(H,118,131,135). The molecule has 143 heavy (non-hydrogen) atoms. The zero-order valence-electron chi connectivity index (χ0n) is 79.8. The molecule has 6 amide bonds. The smallest absolute Gasteiger partial charge is 0.358 e. The van der Waals surface area contributed by atoms with E-state index < -0.39 is 54.0 Å². The number of carboxylic acid groups (broad SMARTS) is 1. The number of hydrogen-bond donors (Lipinski definition) is 6. The van der Waals surface area contributed by atoms with E-state index in [4.69, 9.17) is 39.2 Å². The summed E-state index contributed by atoms with van der Waals surface area (Å²) in [6.07, 6.45) is 2.66. The summed E-state index contributed by atoms with van der Waals surface area (Å²) in [5.41, 5.74) is 13.9. The molecule has 5 saturated heterocycles. The van der Waals surface area contributed by atoms with Gasteiger partial charge in [-0.15, -0.1) is 0 Å². The number of fused-ring (bicyclic) bond motifs is 6. The van der Waals surface area contributed by atoms with Gasteiger partial charge in [0.25, 0.3) is 11.8 Å². The van der Waals surface area contributed by atoms with E-state index in [-0.39, 0.29) is 117 Å². The lowest BCUT2D eigenvalue weighted by atomic mass is 9.89. The third-order valence-corrected chi connectivity index (χ3v) is 31.3. The van der Waals surface area contributed by atoms with Gasteiger partial charge in [-0.05, 0) is 219 Å². The van der Waals surface area contributed by atoms with Gasteiger partial charge in [-0.3, -0.25) is 63.9 Å². The van der Waals surface area contributed by atoms with Gasteiger partial charge in [0.2, 0.25) is 29.5 Å². The molecule has 0 radical (unpaired) electrons. The number of likely N-dealkylation sites (tertiary alicyclic amines) is 1. The van der Waals surface area contributed by atoms with Crippen LogP contribution in [0.15, 0.2) is 182 Å². The van der Waals surface area contributed by atoms with Crippen molar-refractivity contribution in [3.8, 4) is 33.8 Å². The van der Waals surface area contributed by atoms with Crippen LogP contribution in [0.3, 0.4) is 0 Å². The molecule has 7 aliphatic heterocycles. The molecule has 21 rings (SSSR count). The van der Waals surface area contributed by atoms with Crippen LogP contribution in [0.2, 0.25) is 0 Å². The molecule has 6 N–H and O–H groups in total. The highest BCUT2D eigenvalue weighted by atomic mass is 32.1. The van der Waals surface area contributed by atoms with Crippen LogP contribution in [0.1, 0.15) is 157 Å². The number of piperidine rings is 4. The van der Waals surface area contributed by atoms with Gasteiger partial charge in [0, 0.05) is 151 Å². The number of hydrogen-bond acceptors (Lipinski definition) is 26. The summed E-state index contributed by atoms with van der Waals surface area (Å²) < 4.78 is 58.2. The number of carboxylic acids is 1. The molecule has 6 aromatic heterocycles. The van der Waals surface area contributed by atoms with E-state index in [0.29, 0.717) is 130 Å². The van der Waals surface area contributed by atoms with Crippen molar-refractivity contribution in [2.24, 2.45) is 25.9 Å². The van der Waals surface area contributed by atoms with Crippen LogP contribution in [0, 0.1) is 25.7 Å². The molecule has 14 aromatic rings. The number of piperazine rings is 1. The van der Waals surface area contributed by atoms with Crippen molar-refractivity contribution in [3.05, 3.63) is 249 Å². The van der Waals surface area contributed by atoms with Gasteiger partial charge >= 0.3 is 11.9 Å². The van der Waals surface area contributed by atoms with Crippen LogP contribution in [-0.2, 0) is 68.9 Å². The van der Waals surface area contributed by atoms with Crippen molar-refractivity contribution < 1.29 is 66.5 Å². The van der Waals surface area contributed by atoms with Crippen molar-refractivity contribution in [2.45, 2.75) is 122 Å². The number of alkyl halides is 2. The van der Waals surface area contributed by atoms with Gasteiger partial charge in [-0.25, -0.2) is 38.3 Å². The highest BCUT2D eigenvalue weighted by molar-refractivity contribution is 7.22. The summed E-state index contributed by atoms with van der Waals surface area (Å²) in [6.45, 7) is 12.9. The maximum absolute atomic E-state index is 16.4. The van der Waals surface area contributed by atoms with Gasteiger partial charge in [0.05, 0.1) is 80.1 Å². The van der Waals surface area contributed by atoms with E-state index in [9.17, 15) is 38.7 Å². The minimum atomic E-state index is -3.12. The van der Waals surface area contributed by atoms with E-state index in [1.54, 1.807) is 67.2 Å². The molecule has 734 valence electrons. The maximum atomic E-state index is 16.4. The first-order valence-electron chi connectivity index (χ1n) is 49.0. The van der Waals surface area contributed by atoms with E-state index in [0.717, 1.165) is 140 Å². The lowest BCUT2D eigenvalue weighted by molar-refractivity contribution is -0.135. The molecular formula is C108H109F2N19O12S2. The normalized spacial score (nSPS) is 18.1. The number of aromatic carboxylic acids is 1. The third kappa shape index (κ3) is 19.9. The quantitative estimate of drug-likeness (QED) is 0.0187. The summed E-state index contributed by atoms with van der Waals surface area (Å²) >= 11 is 2.93. The fourth-order valence-corrected chi connectivity index (χ4v) is 23.4. The van der Waals surface area contributed by atoms with E-state index in [2.05, 4.69) is 57.3 Å². The maximum Gasteiger partial charge on any atom is 0.358 e. The molecule has 0 bridgehead atoms. The topological polar surface area (TPSA) is 351 Å². The number of nitrogens with one attached hydrogen (secondary N) is 5. The van der Waals surface area contributed by atoms with E-state index in [1.807, 2.05) is 156 Å². The number of para-hydroxylation sites is 3. The number of anilines is 6. The zero-order chi connectivity index (χ0) is 98.4. The highest BCUT2D eigenvalue weighted by Gasteiger charge is 2.43. The molecule has 5 fully saturated rings. The van der Waals surface area contributed by atoms with Crippen LogP contribution >= 0.6 is 22.7 Å². The monoisotopic (exact) mass is 1970 g/mol. The number of ether oxygens (including phenoxy) is 3. The van der Waals surface area contributed by atoms with Gasteiger partial charge in [-0.2, -0.15) is 10.2 Å². The molecule has 31 nitrogen and oxygen atoms in total. The summed E-state index contributed by atoms with van der Waals surface area (Å²) in [6, 6.07) is 57.0. The number of amides is 6. The van der Waals surface area contributed by atoms with Crippen LogP contribution in [0.25, 0.3) is 64.5 Å². The summed E-state index contributed by atoms with van der Waals surface area (Å²) in [4.78, 5) is 141. The van der Waals surface area contributed by atoms with Crippen molar-refractivity contribution in [1.82, 2.24) is 64.8 Å². The number of thiazole rings is 2. The Morgan fingerprint density at radius 1 is 0.545 bits per heavy atom. The van der Waals surface area contributed by atoms with Crippen LogP contribution in [0.4, 0.5) is 42.1 Å². The highest BCUT2D eigenvalue weighted by Crippen LogP contribution is 2.45. The van der Waals surface area contributed by atoms with Crippen LogP contribution in [0.5, 0.6) is 11.5 Å². The molecule has 8 aromatic carbocycles. The van der Waals surface area contributed by atoms with Gasteiger partial charge in [-0.1, -0.05) is 114 Å². The predicted molar refractivity (Wildman–Crippen MR) is 545 cm³/mol. The largest absolute Gasteiger partial charge is 0.493 e. The fraction of sp³-hybridized carbons (Fsp3) is 0.352. The number of aromatic nitrogens is 8. The molecule has 0 aliphatic carbocycles. The van der Waals surface area contributed by atoms with Crippen molar-refractivity contribution >= 4 is 146 Å². The Hall–Kier alpha value is -14.5. The molecule has 3 atom stereocenters. The van der Waals surface area contributed by atoms with Crippen molar-refractivity contribution in [2.75, 3.05) is 129 Å². The molecule has 13 heterocycles. The average Bonchev–Trinajstić information content (AvgIpc) is 1.74. The molecular weight excluding hydrogens is 1860 g/mol. The van der Waals surface area contributed by atoms with Gasteiger partial charge in [0.1, 0.15) is 35.8 Å². The zero-order valence-corrected chi connectivity index (χ0v) is 81.4. The molecule has 0 saturated carbocycles. The Labute approximate surface area is 831 Å². The second-order valence-corrected chi connectivity index (χ2v) is 40.3. The molecule has 3 unspecified atom stereocenters. The Bertz CT molecular complexity index is 7280. The van der Waals surface area contributed by atoms with Crippen LogP contribution < -0.4 is 50.8 Å². The van der Waals surface area contributed by atoms with Crippen molar-refractivity contribution in [1.29, 1.82) is 0 Å². The number of carbonyl (C=O) groups excluding carboxylic acids is 7. The number of benzene rings is 8. The van der Waals surface area contributed by atoms with E-state index in [1.165, 1.54) is 22.7 Å². The number of carbonyl (C=O) groups is 8. The molecule has 35 heteroatoms. The first-order chi connectivity index (χ1) is 69.4. The summed E-state index contributed by atoms with van der Waals surface area (Å²) in [5.74, 6) is -6.83. The third-order valence-electron chi connectivity index (χ3n) is 29.4. The number of nitrogens with zero attached hydrogens (tertiary/aromatic N) is 14. The SMILES string of the molecule is Cc1c(OCCC(F)(F)C2CCN(CC(=O)Nc3ccc4c(C5CCC(=O)NC5=O)nn(C)c4c3)CC2)cccc1-c1ccc(N2Cc3c(CNc4nc5ccccc5s4)cccc3C(OC(=O)c3nc(N4CCc5cccc(C(=O)Nc6nc7ccccc7s6)c5C4)ccc3-c3cccc(OCCN4CCN(CC5CCN(c6cccc7c(C8CCC(=O)NC8=O)nn(C)c67)CC5)CC4)c3C)C2)nc1C(=O)O. The Morgan fingerprint density at radius 2 is 1.16 bits per heavy atom. The number of imide groups is 2. The van der Waals surface area contributed by atoms with Gasteiger partial charge < -0.3 is 49.6 Å². The summed E-state index contributed by atoms with van der Waals surface area (Å²) in [5, 5.41) is 38.1. The number of halogens is 2. The van der Waals surface area contributed by atoms with Crippen molar-refractivity contribution in [3.63, 3.8) is 0 Å². The Kier molecular flexibility index (Phi) is 26.8. The first-order valence-corrected chi connectivity index (χ1v) is 50.6.